The van der Waals surface area contributed by atoms with Gasteiger partial charge in [-0.3, -0.25) is 0 Å². The van der Waals surface area contributed by atoms with E-state index < -0.39 is 0 Å². The molecule has 0 bridgehead atoms. The molecular formula is C20H25IN2O. The maximum atomic E-state index is 8.18. The standard InChI is InChI=1S/C20H25IN2O/c1-15(12-18(22)13-16-6-4-3-5-7-16)23-11-10-17-8-9-19(21)20(14-17)24-2/h3-9,14-15,22-23H,10-13H2,1-2H3/t15-/m1/s1. The van der Waals surface area contributed by atoms with Crippen molar-refractivity contribution in [2.45, 2.75) is 32.2 Å². The third kappa shape index (κ3) is 6.24. The van der Waals surface area contributed by atoms with Gasteiger partial charge in [0, 0.05) is 24.6 Å². The number of nitrogens with one attached hydrogen (secondary N) is 2. The van der Waals surface area contributed by atoms with Crippen LogP contribution in [0.15, 0.2) is 48.5 Å². The molecule has 0 saturated carbocycles. The van der Waals surface area contributed by atoms with E-state index in [1.807, 2.05) is 18.2 Å². The highest BCUT2D eigenvalue weighted by atomic mass is 127. The predicted molar refractivity (Wildman–Crippen MR) is 109 cm³/mol. The summed E-state index contributed by atoms with van der Waals surface area (Å²) in [5.41, 5.74) is 3.25. The first kappa shape index (κ1) is 18.9. The minimum absolute atomic E-state index is 0.312. The maximum absolute atomic E-state index is 8.18. The van der Waals surface area contributed by atoms with Gasteiger partial charge in [-0.15, -0.1) is 0 Å². The number of methoxy groups -OCH3 is 1. The Morgan fingerprint density at radius 3 is 2.62 bits per heavy atom. The lowest BCUT2D eigenvalue weighted by molar-refractivity contribution is 0.411. The van der Waals surface area contributed by atoms with Crippen LogP contribution in [0.1, 0.15) is 24.5 Å². The second-order valence-electron chi connectivity index (χ2n) is 6.04. The van der Waals surface area contributed by atoms with Gasteiger partial charge in [0.15, 0.2) is 0 Å². The van der Waals surface area contributed by atoms with Gasteiger partial charge in [-0.25, -0.2) is 0 Å². The molecule has 2 N–H and O–H groups in total. The smallest absolute Gasteiger partial charge is 0.132 e. The van der Waals surface area contributed by atoms with E-state index in [4.69, 9.17) is 10.1 Å². The van der Waals surface area contributed by atoms with Crippen molar-refractivity contribution in [3.8, 4) is 5.75 Å². The molecule has 0 spiro atoms. The quantitative estimate of drug-likeness (QED) is 0.450. The van der Waals surface area contributed by atoms with Crippen LogP contribution in [-0.2, 0) is 12.8 Å². The highest BCUT2D eigenvalue weighted by molar-refractivity contribution is 14.1. The second kappa shape index (κ2) is 9.79. The van der Waals surface area contributed by atoms with Gasteiger partial charge in [-0.05, 0) is 65.7 Å². The van der Waals surface area contributed by atoms with Crippen molar-refractivity contribution in [3.05, 3.63) is 63.2 Å². The van der Waals surface area contributed by atoms with Crippen LogP contribution in [-0.4, -0.2) is 25.4 Å². The number of hydrogen-bond donors (Lipinski definition) is 2. The van der Waals surface area contributed by atoms with E-state index in [0.717, 1.165) is 40.8 Å². The van der Waals surface area contributed by atoms with E-state index in [1.54, 1.807) is 7.11 Å². The summed E-state index contributed by atoms with van der Waals surface area (Å²) < 4.78 is 6.50. The molecule has 0 aliphatic carbocycles. The molecule has 0 unspecified atom stereocenters. The van der Waals surface area contributed by atoms with E-state index >= 15 is 0 Å². The fourth-order valence-corrected chi connectivity index (χ4v) is 3.23. The van der Waals surface area contributed by atoms with E-state index in [2.05, 4.69) is 65.2 Å². The fraction of sp³-hybridized carbons (Fsp3) is 0.350. The Kier molecular flexibility index (Phi) is 7.72. The number of hydrogen-bond acceptors (Lipinski definition) is 3. The summed E-state index contributed by atoms with van der Waals surface area (Å²) in [6, 6.07) is 16.9. The molecule has 0 heterocycles. The number of ether oxygens (including phenoxy) is 1. The Bertz CT molecular complexity index is 658. The minimum atomic E-state index is 0.312. The molecule has 0 radical (unpaired) electrons. The third-order valence-corrected chi connectivity index (χ3v) is 4.83. The van der Waals surface area contributed by atoms with Crippen LogP contribution in [0.3, 0.4) is 0 Å². The Labute approximate surface area is 158 Å². The molecule has 4 heteroatoms. The second-order valence-corrected chi connectivity index (χ2v) is 7.21. The van der Waals surface area contributed by atoms with Crippen LogP contribution in [0, 0.1) is 8.98 Å². The van der Waals surface area contributed by atoms with Crippen molar-refractivity contribution >= 4 is 28.3 Å². The van der Waals surface area contributed by atoms with Crippen molar-refractivity contribution in [2.75, 3.05) is 13.7 Å². The van der Waals surface area contributed by atoms with Crippen LogP contribution < -0.4 is 10.1 Å². The van der Waals surface area contributed by atoms with Crippen molar-refractivity contribution < 1.29 is 4.74 Å². The van der Waals surface area contributed by atoms with Crippen molar-refractivity contribution in [3.63, 3.8) is 0 Å². The van der Waals surface area contributed by atoms with Crippen molar-refractivity contribution in [1.82, 2.24) is 5.32 Å². The van der Waals surface area contributed by atoms with E-state index in [1.165, 1.54) is 11.1 Å². The van der Waals surface area contributed by atoms with Gasteiger partial charge in [0.25, 0.3) is 0 Å². The first-order chi connectivity index (χ1) is 11.6. The monoisotopic (exact) mass is 436 g/mol. The number of benzene rings is 2. The third-order valence-electron chi connectivity index (χ3n) is 3.93. The summed E-state index contributed by atoms with van der Waals surface area (Å²) in [6.45, 7) is 3.05. The van der Waals surface area contributed by atoms with Crippen LogP contribution >= 0.6 is 22.6 Å². The summed E-state index contributed by atoms with van der Waals surface area (Å²) in [4.78, 5) is 0. The van der Waals surface area contributed by atoms with Crippen molar-refractivity contribution in [2.24, 2.45) is 0 Å². The van der Waals surface area contributed by atoms with E-state index in [0.29, 0.717) is 6.04 Å². The predicted octanol–water partition coefficient (Wildman–Crippen LogP) is 4.47. The zero-order valence-electron chi connectivity index (χ0n) is 14.3. The average molecular weight is 436 g/mol. The molecule has 0 aliphatic rings. The highest BCUT2D eigenvalue weighted by Gasteiger charge is 2.07. The molecule has 0 amide bonds. The van der Waals surface area contributed by atoms with Gasteiger partial charge in [0.2, 0.25) is 0 Å². The minimum Gasteiger partial charge on any atom is -0.496 e. The molecule has 24 heavy (non-hydrogen) atoms. The SMILES string of the molecule is COc1cc(CCN[C@H](C)CC(=N)Cc2ccccc2)ccc1I. The molecule has 0 saturated heterocycles. The maximum Gasteiger partial charge on any atom is 0.132 e. The van der Waals surface area contributed by atoms with Crippen LogP contribution in [0.5, 0.6) is 5.75 Å². The van der Waals surface area contributed by atoms with Crippen LogP contribution in [0.2, 0.25) is 0 Å². The average Bonchev–Trinajstić information content (AvgIpc) is 2.57. The van der Waals surface area contributed by atoms with Gasteiger partial charge in [0.05, 0.1) is 10.7 Å². The van der Waals surface area contributed by atoms with Crippen LogP contribution in [0.4, 0.5) is 0 Å². The Morgan fingerprint density at radius 1 is 1.17 bits per heavy atom. The van der Waals surface area contributed by atoms with E-state index in [9.17, 15) is 0 Å². The number of rotatable bonds is 9. The zero-order valence-corrected chi connectivity index (χ0v) is 16.5. The fourth-order valence-electron chi connectivity index (χ4n) is 2.68. The number of halogens is 1. The summed E-state index contributed by atoms with van der Waals surface area (Å²) >= 11 is 2.28. The lowest BCUT2D eigenvalue weighted by atomic mass is 10.0. The molecular weight excluding hydrogens is 411 g/mol. The van der Waals surface area contributed by atoms with Gasteiger partial charge >= 0.3 is 0 Å². The molecule has 2 aromatic carbocycles. The first-order valence-corrected chi connectivity index (χ1v) is 9.32. The molecule has 2 rings (SSSR count). The molecule has 3 nitrogen and oxygen atoms in total. The van der Waals surface area contributed by atoms with Crippen LogP contribution in [0.25, 0.3) is 0 Å². The van der Waals surface area contributed by atoms with Gasteiger partial charge in [-0.2, -0.15) is 0 Å². The Morgan fingerprint density at radius 2 is 1.92 bits per heavy atom. The molecule has 128 valence electrons. The molecule has 1 atom stereocenters. The largest absolute Gasteiger partial charge is 0.496 e. The highest BCUT2D eigenvalue weighted by Crippen LogP contribution is 2.21. The molecule has 0 aliphatic heterocycles. The summed E-state index contributed by atoms with van der Waals surface area (Å²) in [7, 11) is 1.71. The van der Waals surface area contributed by atoms with E-state index in [-0.39, 0.29) is 0 Å². The van der Waals surface area contributed by atoms with Gasteiger partial charge < -0.3 is 15.5 Å². The van der Waals surface area contributed by atoms with Crippen molar-refractivity contribution in [1.29, 1.82) is 5.41 Å². The van der Waals surface area contributed by atoms with Gasteiger partial charge in [-0.1, -0.05) is 36.4 Å². The zero-order chi connectivity index (χ0) is 17.4. The lowest BCUT2D eigenvalue weighted by Gasteiger charge is -2.15. The Hall–Kier alpha value is -1.40. The summed E-state index contributed by atoms with van der Waals surface area (Å²) in [5, 5.41) is 11.7. The molecule has 0 aromatic heterocycles. The lowest BCUT2D eigenvalue weighted by Crippen LogP contribution is -2.30. The van der Waals surface area contributed by atoms with Gasteiger partial charge in [0.1, 0.15) is 5.75 Å². The molecule has 0 fully saturated rings. The topological polar surface area (TPSA) is 45.1 Å². The molecule has 2 aromatic rings. The summed E-state index contributed by atoms with van der Waals surface area (Å²) in [5.74, 6) is 0.936. The Balaban J connectivity index is 1.73. The normalized spacial score (nSPS) is 12.0. The summed E-state index contributed by atoms with van der Waals surface area (Å²) in [6.07, 6.45) is 2.48. The first-order valence-electron chi connectivity index (χ1n) is 8.24.